The van der Waals surface area contributed by atoms with Crippen molar-refractivity contribution < 1.29 is 4.79 Å². The number of hydrogen-bond donors (Lipinski definition) is 2. The van der Waals surface area contributed by atoms with Gasteiger partial charge in [-0.1, -0.05) is 47.5 Å². The predicted octanol–water partition coefficient (Wildman–Crippen LogP) is 4.56. The first-order valence-electron chi connectivity index (χ1n) is 8.24. The molecule has 1 amide bonds. The molecule has 3 aromatic rings. The lowest BCUT2D eigenvalue weighted by molar-refractivity contribution is 0.102. The zero-order valence-corrected chi connectivity index (χ0v) is 14.4. The van der Waals surface area contributed by atoms with E-state index in [0.29, 0.717) is 17.8 Å². The zero-order chi connectivity index (χ0) is 17.6. The summed E-state index contributed by atoms with van der Waals surface area (Å²) >= 11 is 0. The summed E-state index contributed by atoms with van der Waals surface area (Å²) in [5.41, 5.74) is 4.82. The molecular formula is C21H21N3O. The highest BCUT2D eigenvalue weighted by Crippen LogP contribution is 2.13. The molecule has 1 heterocycles. The van der Waals surface area contributed by atoms with E-state index in [2.05, 4.69) is 40.7 Å². The number of anilines is 2. The van der Waals surface area contributed by atoms with Crippen molar-refractivity contribution in [1.29, 1.82) is 0 Å². The number of hydrogen-bond acceptors (Lipinski definition) is 3. The quantitative estimate of drug-likeness (QED) is 0.720. The smallest absolute Gasteiger partial charge is 0.255 e. The average molecular weight is 331 g/mol. The number of carbonyl (C=O) groups excluding carboxylic acids is 1. The van der Waals surface area contributed by atoms with E-state index in [0.717, 1.165) is 11.4 Å². The molecule has 0 unspecified atom stereocenters. The average Bonchev–Trinajstić information content (AvgIpc) is 2.61. The van der Waals surface area contributed by atoms with Gasteiger partial charge in [-0.3, -0.25) is 4.79 Å². The molecule has 4 heteroatoms. The second-order valence-corrected chi connectivity index (χ2v) is 6.10. The van der Waals surface area contributed by atoms with Crippen molar-refractivity contribution in [2.45, 2.75) is 20.4 Å². The summed E-state index contributed by atoms with van der Waals surface area (Å²) in [6.07, 6.45) is 1.66. The molecule has 0 atom stereocenters. The molecule has 0 aliphatic rings. The van der Waals surface area contributed by atoms with Crippen molar-refractivity contribution in [3.8, 4) is 0 Å². The van der Waals surface area contributed by atoms with Crippen LogP contribution in [0.15, 0.2) is 66.9 Å². The summed E-state index contributed by atoms with van der Waals surface area (Å²) in [5.74, 6) is 0.640. The molecule has 0 fully saturated rings. The number of rotatable bonds is 5. The van der Waals surface area contributed by atoms with E-state index in [4.69, 9.17) is 0 Å². The Hall–Kier alpha value is -3.14. The van der Waals surface area contributed by atoms with Gasteiger partial charge in [0.1, 0.15) is 5.82 Å². The van der Waals surface area contributed by atoms with E-state index >= 15 is 0 Å². The van der Waals surface area contributed by atoms with E-state index in [1.54, 1.807) is 12.3 Å². The maximum absolute atomic E-state index is 12.2. The van der Waals surface area contributed by atoms with Crippen LogP contribution >= 0.6 is 0 Å². The second-order valence-electron chi connectivity index (χ2n) is 6.10. The fraction of sp³-hybridized carbons (Fsp3) is 0.143. The summed E-state index contributed by atoms with van der Waals surface area (Å²) in [6.45, 7) is 4.75. The Kier molecular flexibility index (Phi) is 5.09. The number of amides is 1. The molecule has 0 aliphatic heterocycles. The largest absolute Gasteiger partial charge is 0.366 e. The van der Waals surface area contributed by atoms with Gasteiger partial charge in [-0.05, 0) is 43.7 Å². The maximum Gasteiger partial charge on any atom is 0.255 e. The first-order chi connectivity index (χ1) is 12.1. The Bertz CT molecular complexity index is 872. The van der Waals surface area contributed by atoms with Crippen LogP contribution in [0.5, 0.6) is 0 Å². The minimum absolute atomic E-state index is 0.133. The number of carbonyl (C=O) groups is 1. The molecule has 0 saturated carbocycles. The van der Waals surface area contributed by atoms with E-state index in [9.17, 15) is 4.79 Å². The second kappa shape index (κ2) is 7.62. The van der Waals surface area contributed by atoms with Crippen LogP contribution < -0.4 is 10.6 Å². The van der Waals surface area contributed by atoms with Crippen molar-refractivity contribution in [2.24, 2.45) is 0 Å². The fourth-order valence-electron chi connectivity index (χ4n) is 2.58. The fourth-order valence-corrected chi connectivity index (χ4v) is 2.58. The standard InChI is InChI=1S/C21H21N3O/c1-15-5-3-7-17(11-15)13-22-20-10-9-19(14-23-20)24-21(25)18-8-4-6-16(2)12-18/h3-12,14H,13H2,1-2H3,(H,22,23)(H,24,25). The van der Waals surface area contributed by atoms with Crippen LogP contribution in [0.25, 0.3) is 0 Å². The number of benzene rings is 2. The van der Waals surface area contributed by atoms with Crippen molar-refractivity contribution in [1.82, 2.24) is 4.98 Å². The molecule has 126 valence electrons. The number of aromatic nitrogens is 1. The summed E-state index contributed by atoms with van der Waals surface area (Å²) in [5, 5.41) is 6.15. The van der Waals surface area contributed by atoms with Crippen LogP contribution in [0.3, 0.4) is 0 Å². The third-order valence-electron chi connectivity index (χ3n) is 3.86. The molecule has 25 heavy (non-hydrogen) atoms. The van der Waals surface area contributed by atoms with Gasteiger partial charge < -0.3 is 10.6 Å². The van der Waals surface area contributed by atoms with Gasteiger partial charge in [-0.2, -0.15) is 0 Å². The molecule has 0 spiro atoms. The first kappa shape index (κ1) is 16.7. The molecule has 0 bridgehead atoms. The molecule has 1 aromatic heterocycles. The highest BCUT2D eigenvalue weighted by molar-refractivity contribution is 6.04. The van der Waals surface area contributed by atoms with E-state index in [1.807, 2.05) is 43.3 Å². The van der Waals surface area contributed by atoms with Crippen LogP contribution in [-0.4, -0.2) is 10.9 Å². The third-order valence-corrected chi connectivity index (χ3v) is 3.86. The molecule has 0 saturated heterocycles. The first-order valence-corrected chi connectivity index (χ1v) is 8.24. The Morgan fingerprint density at radius 1 is 0.960 bits per heavy atom. The Morgan fingerprint density at radius 2 is 1.72 bits per heavy atom. The topological polar surface area (TPSA) is 54.0 Å². The van der Waals surface area contributed by atoms with Gasteiger partial charge in [0.05, 0.1) is 11.9 Å². The van der Waals surface area contributed by atoms with E-state index in [-0.39, 0.29) is 5.91 Å². The van der Waals surface area contributed by atoms with Gasteiger partial charge in [0, 0.05) is 12.1 Å². The van der Waals surface area contributed by atoms with Gasteiger partial charge in [0.2, 0.25) is 0 Å². The van der Waals surface area contributed by atoms with Crippen LogP contribution in [0.4, 0.5) is 11.5 Å². The van der Waals surface area contributed by atoms with E-state index < -0.39 is 0 Å². The molecule has 0 aliphatic carbocycles. The highest BCUT2D eigenvalue weighted by atomic mass is 16.1. The Morgan fingerprint density at radius 3 is 2.40 bits per heavy atom. The summed E-state index contributed by atoms with van der Waals surface area (Å²) in [7, 11) is 0. The molecule has 3 rings (SSSR count). The third kappa shape index (κ3) is 4.67. The van der Waals surface area contributed by atoms with Crippen molar-refractivity contribution >= 4 is 17.4 Å². The minimum atomic E-state index is -0.133. The Labute approximate surface area is 147 Å². The van der Waals surface area contributed by atoms with Gasteiger partial charge in [-0.15, -0.1) is 0 Å². The van der Waals surface area contributed by atoms with E-state index in [1.165, 1.54) is 11.1 Å². The summed E-state index contributed by atoms with van der Waals surface area (Å²) in [4.78, 5) is 16.6. The highest BCUT2D eigenvalue weighted by Gasteiger charge is 2.06. The number of pyridine rings is 1. The number of nitrogens with one attached hydrogen (secondary N) is 2. The molecule has 4 nitrogen and oxygen atoms in total. The SMILES string of the molecule is Cc1cccc(CNc2ccc(NC(=O)c3cccc(C)c3)cn2)c1. The number of aryl methyl sites for hydroxylation is 2. The van der Waals surface area contributed by atoms with Crippen LogP contribution in [0, 0.1) is 13.8 Å². The van der Waals surface area contributed by atoms with Crippen molar-refractivity contribution in [3.63, 3.8) is 0 Å². The predicted molar refractivity (Wildman–Crippen MR) is 102 cm³/mol. The normalized spacial score (nSPS) is 10.3. The van der Waals surface area contributed by atoms with Gasteiger partial charge >= 0.3 is 0 Å². The van der Waals surface area contributed by atoms with Crippen molar-refractivity contribution in [3.05, 3.63) is 89.1 Å². The van der Waals surface area contributed by atoms with Crippen molar-refractivity contribution in [2.75, 3.05) is 10.6 Å². The maximum atomic E-state index is 12.2. The van der Waals surface area contributed by atoms with Crippen LogP contribution in [-0.2, 0) is 6.54 Å². The summed E-state index contributed by atoms with van der Waals surface area (Å²) in [6, 6.07) is 19.6. The zero-order valence-electron chi connectivity index (χ0n) is 14.4. The molecule has 0 radical (unpaired) electrons. The van der Waals surface area contributed by atoms with Gasteiger partial charge in [0.25, 0.3) is 5.91 Å². The lowest BCUT2D eigenvalue weighted by Crippen LogP contribution is -2.12. The molecular weight excluding hydrogens is 310 g/mol. The monoisotopic (exact) mass is 331 g/mol. The Balaban J connectivity index is 1.59. The molecule has 2 N–H and O–H groups in total. The lowest BCUT2D eigenvalue weighted by atomic mass is 10.1. The van der Waals surface area contributed by atoms with Crippen LogP contribution in [0.1, 0.15) is 27.0 Å². The lowest BCUT2D eigenvalue weighted by Gasteiger charge is -2.09. The summed E-state index contributed by atoms with van der Waals surface area (Å²) < 4.78 is 0. The number of nitrogens with zero attached hydrogens (tertiary/aromatic N) is 1. The molecule has 2 aromatic carbocycles. The van der Waals surface area contributed by atoms with Gasteiger partial charge in [0.15, 0.2) is 0 Å². The minimum Gasteiger partial charge on any atom is -0.366 e. The van der Waals surface area contributed by atoms with Gasteiger partial charge in [-0.25, -0.2) is 4.98 Å². The van der Waals surface area contributed by atoms with Crippen LogP contribution in [0.2, 0.25) is 0 Å².